The molecule has 0 bridgehead atoms. The Morgan fingerprint density at radius 1 is 0.250 bits per heavy atom. The molecule has 0 aliphatic heterocycles. The van der Waals surface area contributed by atoms with Crippen LogP contribution in [-0.4, -0.2) is 105 Å². The predicted octanol–water partition coefficient (Wildman–Crippen LogP) is 18.2. The van der Waals surface area contributed by atoms with Crippen LogP contribution in [0.5, 0.6) is 0 Å². The van der Waals surface area contributed by atoms with E-state index in [9.17, 15) is 63.5 Å². The van der Waals surface area contributed by atoms with E-state index < -0.39 is 70.6 Å². The van der Waals surface area contributed by atoms with Crippen molar-refractivity contribution in [2.24, 2.45) is 0 Å². The molecule has 625 valence electrons. The van der Waals surface area contributed by atoms with Gasteiger partial charge in [0.25, 0.3) is 0 Å². The van der Waals surface area contributed by atoms with E-state index in [1.54, 1.807) is 146 Å². The van der Waals surface area contributed by atoms with Gasteiger partial charge in [-0.25, -0.2) is 53.3 Å². The number of carboxylic acid groups (broad SMARTS) is 5. The first-order valence-corrected chi connectivity index (χ1v) is 32.8. The molecular weight excluding hydrogens is 2470 g/mol. The van der Waals surface area contributed by atoms with E-state index in [4.69, 9.17) is 25.5 Å². The molecule has 0 saturated carbocycles. The van der Waals surface area contributed by atoms with E-state index in [2.05, 4.69) is 80.2 Å². The Morgan fingerprint density at radius 3 is 0.767 bits per heavy atom. The molecule has 5 radical (unpaired) electrons. The first-order valence-electron chi connectivity index (χ1n) is 32.8. The van der Waals surface area contributed by atoms with E-state index in [1.807, 2.05) is 37.3 Å². The molecule has 120 heavy (non-hydrogen) atoms. The van der Waals surface area contributed by atoms with Gasteiger partial charge < -0.3 is 50.5 Å². The van der Waals surface area contributed by atoms with E-state index in [-0.39, 0.29) is 163 Å². The number of carbonyl (C=O) groups is 5. The fourth-order valence-corrected chi connectivity index (χ4v) is 8.26. The van der Waals surface area contributed by atoms with Crippen molar-refractivity contribution in [2.45, 2.75) is 6.92 Å². The van der Waals surface area contributed by atoms with Crippen LogP contribution in [0.15, 0.2) is 305 Å². The molecule has 0 fully saturated rings. The number of halogens is 9. The minimum Gasteiger partial charge on any atom is -0.477 e. The van der Waals surface area contributed by atoms with Crippen LogP contribution in [-0.2, 0) is 101 Å². The van der Waals surface area contributed by atoms with Gasteiger partial charge in [0.05, 0.1) is 11.6 Å². The van der Waals surface area contributed by atoms with Gasteiger partial charge in [-0.3, -0.25) is 35.1 Å². The zero-order chi connectivity index (χ0) is 83.3. The van der Waals surface area contributed by atoms with Crippen LogP contribution in [0.1, 0.15) is 58.0 Å². The summed E-state index contributed by atoms with van der Waals surface area (Å²) in [6, 6.07) is 74.6. The molecular formula is C86H58F9Ir5N10O10-5. The second-order valence-electron chi connectivity index (χ2n) is 21.7. The molecule has 0 atom stereocenters. The average Bonchev–Trinajstić information content (AvgIpc) is 0.819. The van der Waals surface area contributed by atoms with Gasteiger partial charge in [-0.2, -0.15) is 0 Å². The molecule has 5 aromatic carbocycles. The largest absolute Gasteiger partial charge is 0.477 e. The van der Waals surface area contributed by atoms with Crippen LogP contribution in [0.3, 0.4) is 0 Å². The number of nitrogens with zero attached hydrogens (tertiary/aromatic N) is 10. The normalized spacial score (nSPS) is 9.25. The summed E-state index contributed by atoms with van der Waals surface area (Å²) in [7, 11) is 0. The topological polar surface area (TPSA) is 315 Å². The Hall–Kier alpha value is -12.4. The van der Waals surface area contributed by atoms with Gasteiger partial charge in [0.1, 0.15) is 34.3 Å². The van der Waals surface area contributed by atoms with Crippen molar-refractivity contribution in [3.8, 4) is 56.3 Å². The molecule has 0 spiro atoms. The number of aromatic carboxylic acids is 5. The number of carboxylic acids is 5. The fourth-order valence-electron chi connectivity index (χ4n) is 8.26. The number of pyridine rings is 10. The van der Waals surface area contributed by atoms with Gasteiger partial charge >= 0.3 is 29.8 Å². The first-order chi connectivity index (χ1) is 55.4. The van der Waals surface area contributed by atoms with Crippen molar-refractivity contribution in [3.63, 3.8) is 0 Å². The molecule has 0 amide bonds. The van der Waals surface area contributed by atoms with E-state index >= 15 is 0 Å². The van der Waals surface area contributed by atoms with Gasteiger partial charge in [-0.15, -0.1) is 96.1 Å². The van der Waals surface area contributed by atoms with Gasteiger partial charge in [0.15, 0.2) is 0 Å². The summed E-state index contributed by atoms with van der Waals surface area (Å²) in [6.45, 7) is 1.99. The number of benzene rings is 5. The third-order valence-electron chi connectivity index (χ3n) is 13.5. The minimum absolute atomic E-state index is 0. The molecule has 0 saturated heterocycles. The van der Waals surface area contributed by atoms with Gasteiger partial charge in [-0.05, 0) is 126 Å². The van der Waals surface area contributed by atoms with Gasteiger partial charge in [0, 0.05) is 197 Å². The molecule has 0 aliphatic rings. The molecule has 15 rings (SSSR count). The molecule has 20 nitrogen and oxygen atoms in total. The Kier molecular flexibility index (Phi) is 51.4. The van der Waals surface area contributed by atoms with Crippen LogP contribution < -0.4 is 0 Å². The average molecular weight is 2520 g/mol. The molecule has 0 unspecified atom stereocenters. The maximum Gasteiger partial charge on any atom is 0.354 e. The van der Waals surface area contributed by atoms with Gasteiger partial charge in [-0.1, -0.05) is 119 Å². The Labute approximate surface area is 747 Å². The van der Waals surface area contributed by atoms with Crippen LogP contribution in [0, 0.1) is 89.6 Å². The Bertz CT molecular complexity index is 5120. The van der Waals surface area contributed by atoms with Crippen LogP contribution >= 0.6 is 0 Å². The summed E-state index contributed by atoms with van der Waals surface area (Å²) >= 11 is 0. The third kappa shape index (κ3) is 38.8. The van der Waals surface area contributed by atoms with E-state index in [1.165, 1.54) is 97.8 Å². The van der Waals surface area contributed by atoms with Crippen molar-refractivity contribution >= 4 is 29.8 Å². The summed E-state index contributed by atoms with van der Waals surface area (Å²) in [6.07, 6.45) is 15.2. The van der Waals surface area contributed by atoms with Crippen molar-refractivity contribution in [2.75, 3.05) is 0 Å². The predicted molar refractivity (Wildman–Crippen MR) is 403 cm³/mol. The molecule has 5 N–H and O–H groups in total. The molecule has 10 aromatic heterocycles. The van der Waals surface area contributed by atoms with Crippen LogP contribution in [0.2, 0.25) is 0 Å². The quantitative estimate of drug-likeness (QED) is 0.0482. The summed E-state index contributed by atoms with van der Waals surface area (Å²) in [5.74, 6) is -12.1. The maximum absolute atomic E-state index is 13.3. The van der Waals surface area contributed by atoms with E-state index in [0.717, 1.165) is 58.4 Å². The second-order valence-corrected chi connectivity index (χ2v) is 21.7. The van der Waals surface area contributed by atoms with Crippen molar-refractivity contribution in [1.82, 2.24) is 49.8 Å². The minimum atomic E-state index is -1.51. The molecule has 10 heterocycles. The maximum atomic E-state index is 13.3. The molecule has 15 aromatic rings. The second kappa shape index (κ2) is 58.4. The number of aromatic nitrogens is 10. The van der Waals surface area contributed by atoms with Gasteiger partial charge in [0.2, 0.25) is 0 Å². The number of rotatable bonds is 10. The van der Waals surface area contributed by atoms with Crippen molar-refractivity contribution in [1.29, 1.82) is 0 Å². The standard InChI is InChI=1S/C12H9FN.C11H5F3N.2C11H6F2N.C11H7FN.5C6H5NO2.5Ir/c1-9-6-7-14-12(8-9)10-2-4-11(13)5-3-10;12-8-5-4-7(10(13)11(8)14)9-3-1-2-6-15-9;2*12-8-4-5-9(10(13)7-8)11-3-1-2-6-14-11;12-10-6-4-9(5-7-10)11-3-1-2-8-13-11;5*8-6(9)5-3-1-2-4-7-5;;;;;/h2,4-8H,1H3;1-3,5-6H;2*1-4,6-7H;1-4,6-8H;5*1-4H,(H,8,9);;;;;/q5*-1;;;;;;;;;;. The Balaban J connectivity index is 0.000000668. The Morgan fingerprint density at radius 2 is 0.517 bits per heavy atom. The first kappa shape index (κ1) is 106. The van der Waals surface area contributed by atoms with Crippen molar-refractivity contribution < 1.29 is 190 Å². The van der Waals surface area contributed by atoms with Crippen molar-refractivity contribution in [3.05, 3.63) is 421 Å². The number of hydrogen-bond acceptors (Lipinski definition) is 15. The third-order valence-corrected chi connectivity index (χ3v) is 13.5. The zero-order valence-electron chi connectivity index (χ0n) is 61.2. The summed E-state index contributed by atoms with van der Waals surface area (Å²) < 4.78 is 116. The molecule has 34 heteroatoms. The van der Waals surface area contributed by atoms with Crippen LogP contribution in [0.25, 0.3) is 56.3 Å². The van der Waals surface area contributed by atoms with E-state index in [0.29, 0.717) is 11.4 Å². The fraction of sp³-hybridized carbons (Fsp3) is 0.0116. The summed E-state index contributed by atoms with van der Waals surface area (Å²) in [4.78, 5) is 88.6. The monoisotopic (exact) mass is 2530 g/mol. The number of hydrogen-bond donors (Lipinski definition) is 5. The smallest absolute Gasteiger partial charge is 0.354 e. The SMILES string of the molecule is Cc1ccnc(-c2[c-]cc(F)cc2)c1.Fc1c[c-]c(-c2ccccn2)c(F)c1.Fc1c[c-]c(-c2ccccn2)c(F)c1.Fc1c[c-]c(-c2ccccn2)c(F)c1F.Fc1c[c-]c(-c2ccccn2)cc1.O=C(O)c1ccccn1.O=C(O)c1ccccn1.O=C(O)c1ccccn1.O=C(O)c1ccccn1.O=C(O)c1ccccn1.[Ir].[Ir].[Ir].[Ir].[Ir]. The summed E-state index contributed by atoms with van der Waals surface area (Å²) in [5.41, 5.74) is 6.11. The molecule has 0 aliphatic carbocycles. The number of aryl methyl sites for hydroxylation is 1. The summed E-state index contributed by atoms with van der Waals surface area (Å²) in [5, 5.41) is 41.6. The van der Waals surface area contributed by atoms with Crippen LogP contribution in [0.4, 0.5) is 39.5 Å². The zero-order valence-corrected chi connectivity index (χ0v) is 73.2.